The van der Waals surface area contributed by atoms with Crippen LogP contribution < -0.4 is 11.1 Å². The second-order valence-corrected chi connectivity index (χ2v) is 3.99. The van der Waals surface area contributed by atoms with Crippen LogP contribution in [-0.4, -0.2) is 27.5 Å². The molecule has 3 N–H and O–H groups in total. The third kappa shape index (κ3) is 3.29. The second-order valence-electron chi connectivity index (χ2n) is 3.99. The molecule has 110 valence electrons. The molecule has 0 aliphatic heterocycles. The number of anilines is 1. The van der Waals surface area contributed by atoms with Crippen molar-refractivity contribution in [3.05, 3.63) is 45.8 Å². The summed E-state index contributed by atoms with van der Waals surface area (Å²) in [5.41, 5.74) is 4.01. The molecule has 0 aliphatic carbocycles. The largest absolute Gasteiger partial charge is 0.396 e. The zero-order valence-electron chi connectivity index (χ0n) is 10.6. The van der Waals surface area contributed by atoms with Gasteiger partial charge in [-0.2, -0.15) is 4.98 Å². The summed E-state index contributed by atoms with van der Waals surface area (Å²) in [4.78, 5) is 25.6. The zero-order chi connectivity index (χ0) is 15.4. The topological polar surface area (TPSA) is 137 Å². The molecule has 0 spiro atoms. The van der Waals surface area contributed by atoms with Crippen molar-refractivity contribution in [2.45, 2.75) is 6.42 Å². The third-order valence-electron chi connectivity index (χ3n) is 2.59. The van der Waals surface area contributed by atoms with Crippen LogP contribution in [0.15, 0.2) is 23.0 Å². The standard InChI is InChI=1S/C11H10FN5O4/c12-7-4-9(17(19)20)6(3-8(7)13)11(18)14-2-1-10-15-5-16-21-10/h3-5H,1-2,13H2,(H,14,18). The molecule has 0 saturated carbocycles. The Labute approximate surface area is 117 Å². The molecular formula is C11H10FN5O4. The van der Waals surface area contributed by atoms with Gasteiger partial charge in [0.25, 0.3) is 11.6 Å². The number of hydrogen-bond donors (Lipinski definition) is 2. The number of rotatable bonds is 5. The minimum Gasteiger partial charge on any atom is -0.396 e. The van der Waals surface area contributed by atoms with E-state index in [9.17, 15) is 19.3 Å². The molecule has 0 unspecified atom stereocenters. The lowest BCUT2D eigenvalue weighted by Gasteiger charge is -2.06. The van der Waals surface area contributed by atoms with Crippen molar-refractivity contribution >= 4 is 17.3 Å². The smallest absolute Gasteiger partial charge is 0.285 e. The lowest BCUT2D eigenvalue weighted by atomic mass is 10.1. The first-order chi connectivity index (χ1) is 9.99. The van der Waals surface area contributed by atoms with Crippen LogP contribution in [0.5, 0.6) is 0 Å². The van der Waals surface area contributed by atoms with Crippen LogP contribution in [0.2, 0.25) is 0 Å². The van der Waals surface area contributed by atoms with Gasteiger partial charge >= 0.3 is 0 Å². The number of benzene rings is 1. The van der Waals surface area contributed by atoms with Crippen LogP contribution in [0.3, 0.4) is 0 Å². The van der Waals surface area contributed by atoms with E-state index in [0.717, 1.165) is 6.07 Å². The molecule has 1 heterocycles. The molecule has 1 amide bonds. The first-order valence-electron chi connectivity index (χ1n) is 5.76. The van der Waals surface area contributed by atoms with Crippen LogP contribution in [0.1, 0.15) is 16.2 Å². The molecule has 1 aromatic heterocycles. The molecule has 2 rings (SSSR count). The predicted octanol–water partition coefficient (Wildman–Crippen LogP) is 0.672. The van der Waals surface area contributed by atoms with E-state index in [1.54, 1.807) is 0 Å². The first-order valence-corrected chi connectivity index (χ1v) is 5.76. The number of nitrogens with zero attached hydrogens (tertiary/aromatic N) is 3. The fourth-order valence-corrected chi connectivity index (χ4v) is 1.60. The van der Waals surface area contributed by atoms with Crippen molar-refractivity contribution in [3.8, 4) is 0 Å². The van der Waals surface area contributed by atoms with Gasteiger partial charge in [0.1, 0.15) is 5.56 Å². The van der Waals surface area contributed by atoms with E-state index < -0.39 is 22.3 Å². The molecular weight excluding hydrogens is 285 g/mol. The normalized spacial score (nSPS) is 10.3. The number of nitrogen functional groups attached to an aromatic ring is 1. The molecule has 0 saturated heterocycles. The van der Waals surface area contributed by atoms with Gasteiger partial charge in [0.05, 0.1) is 16.7 Å². The monoisotopic (exact) mass is 295 g/mol. The van der Waals surface area contributed by atoms with E-state index in [2.05, 4.69) is 15.5 Å². The molecule has 0 radical (unpaired) electrons. The van der Waals surface area contributed by atoms with E-state index in [1.807, 2.05) is 0 Å². The lowest BCUT2D eigenvalue weighted by Crippen LogP contribution is -2.26. The molecule has 2 aromatic rings. The number of halogens is 1. The number of nitro groups is 1. The minimum atomic E-state index is -0.955. The van der Waals surface area contributed by atoms with Gasteiger partial charge in [-0.25, -0.2) is 4.39 Å². The Hall–Kier alpha value is -3.04. The maximum absolute atomic E-state index is 13.2. The van der Waals surface area contributed by atoms with Gasteiger partial charge in [-0.05, 0) is 6.07 Å². The summed E-state index contributed by atoms with van der Waals surface area (Å²) in [6, 6.07) is 1.54. The van der Waals surface area contributed by atoms with Gasteiger partial charge < -0.3 is 15.6 Å². The van der Waals surface area contributed by atoms with Crippen LogP contribution >= 0.6 is 0 Å². The van der Waals surface area contributed by atoms with E-state index in [-0.39, 0.29) is 24.2 Å². The fraction of sp³-hybridized carbons (Fsp3) is 0.182. The van der Waals surface area contributed by atoms with Crippen LogP contribution in [0, 0.1) is 15.9 Å². The van der Waals surface area contributed by atoms with Gasteiger partial charge in [0.2, 0.25) is 5.89 Å². The number of carbonyl (C=O) groups is 1. The number of aromatic nitrogens is 2. The maximum atomic E-state index is 13.2. The average Bonchev–Trinajstić information content (AvgIpc) is 2.94. The quantitative estimate of drug-likeness (QED) is 0.469. The highest BCUT2D eigenvalue weighted by Crippen LogP contribution is 2.24. The molecule has 0 fully saturated rings. The Morgan fingerprint density at radius 3 is 2.90 bits per heavy atom. The lowest BCUT2D eigenvalue weighted by molar-refractivity contribution is -0.385. The summed E-state index contributed by atoms with van der Waals surface area (Å²) in [6.45, 7) is 0.120. The highest BCUT2D eigenvalue weighted by molar-refractivity contribution is 5.99. The van der Waals surface area contributed by atoms with Crippen molar-refractivity contribution in [3.63, 3.8) is 0 Å². The minimum absolute atomic E-state index is 0.120. The average molecular weight is 295 g/mol. The highest BCUT2D eigenvalue weighted by atomic mass is 19.1. The third-order valence-corrected chi connectivity index (χ3v) is 2.59. The fourth-order valence-electron chi connectivity index (χ4n) is 1.60. The number of nitrogens with one attached hydrogen (secondary N) is 1. The summed E-state index contributed by atoms with van der Waals surface area (Å²) in [6.07, 6.45) is 1.47. The van der Waals surface area contributed by atoms with E-state index in [4.69, 9.17) is 10.3 Å². The number of nitro benzene ring substituents is 1. The van der Waals surface area contributed by atoms with E-state index >= 15 is 0 Å². The summed E-state index contributed by atoms with van der Waals surface area (Å²) in [5, 5.41) is 16.7. The Bertz CT molecular complexity index is 674. The summed E-state index contributed by atoms with van der Waals surface area (Å²) in [5.74, 6) is -1.39. The van der Waals surface area contributed by atoms with E-state index in [1.165, 1.54) is 6.33 Å². The van der Waals surface area contributed by atoms with E-state index in [0.29, 0.717) is 12.0 Å². The predicted molar refractivity (Wildman–Crippen MR) is 67.8 cm³/mol. The maximum Gasteiger partial charge on any atom is 0.285 e. The van der Waals surface area contributed by atoms with Crippen molar-refractivity contribution in [2.75, 3.05) is 12.3 Å². The molecule has 9 nitrogen and oxygen atoms in total. The van der Waals surface area contributed by atoms with Crippen molar-refractivity contribution in [2.24, 2.45) is 0 Å². The van der Waals surface area contributed by atoms with Crippen molar-refractivity contribution < 1.29 is 18.6 Å². The Balaban J connectivity index is 2.11. The van der Waals surface area contributed by atoms with Gasteiger partial charge in [-0.1, -0.05) is 5.16 Å². The summed E-state index contributed by atoms with van der Waals surface area (Å²) >= 11 is 0. The highest BCUT2D eigenvalue weighted by Gasteiger charge is 2.22. The Morgan fingerprint density at radius 2 is 2.29 bits per heavy atom. The SMILES string of the molecule is Nc1cc(C(=O)NCCc2ncno2)c([N+](=O)[O-])cc1F. The molecule has 0 bridgehead atoms. The van der Waals surface area contributed by atoms with Crippen molar-refractivity contribution in [1.82, 2.24) is 15.5 Å². The number of hydrogen-bond acceptors (Lipinski definition) is 7. The first kappa shape index (κ1) is 14.4. The molecule has 1 aromatic carbocycles. The van der Waals surface area contributed by atoms with Gasteiger partial charge in [-0.3, -0.25) is 14.9 Å². The molecule has 0 aliphatic rings. The number of amides is 1. The second kappa shape index (κ2) is 5.94. The summed E-state index contributed by atoms with van der Waals surface area (Å²) < 4.78 is 18.0. The van der Waals surface area contributed by atoms with Crippen LogP contribution in [-0.2, 0) is 6.42 Å². The van der Waals surface area contributed by atoms with Gasteiger partial charge in [-0.15, -0.1) is 0 Å². The number of carbonyl (C=O) groups excluding carboxylic acids is 1. The van der Waals surface area contributed by atoms with Gasteiger partial charge in [0.15, 0.2) is 12.1 Å². The zero-order valence-corrected chi connectivity index (χ0v) is 10.6. The summed E-state index contributed by atoms with van der Waals surface area (Å²) in [7, 11) is 0. The van der Waals surface area contributed by atoms with Crippen molar-refractivity contribution in [1.29, 1.82) is 0 Å². The number of nitrogens with two attached hydrogens (primary N) is 1. The van der Waals surface area contributed by atoms with Gasteiger partial charge in [0, 0.05) is 13.0 Å². The Kier molecular flexibility index (Phi) is 4.07. The molecule has 21 heavy (non-hydrogen) atoms. The van der Waals surface area contributed by atoms with Crippen LogP contribution in [0.4, 0.5) is 15.8 Å². The Morgan fingerprint density at radius 1 is 1.52 bits per heavy atom. The molecule has 0 atom stereocenters. The molecule has 10 heteroatoms. The van der Waals surface area contributed by atoms with Crippen LogP contribution in [0.25, 0.3) is 0 Å².